The minimum atomic E-state index is -4.66. The highest BCUT2D eigenvalue weighted by Crippen LogP contribution is 2.28. The summed E-state index contributed by atoms with van der Waals surface area (Å²) in [4.78, 5) is 15.9. The van der Waals surface area contributed by atoms with Crippen LogP contribution in [-0.2, 0) is 11.0 Å². The molecule has 1 aromatic carbocycles. The molecule has 1 saturated heterocycles. The Bertz CT molecular complexity index is 1060. The number of para-hydroxylation sites is 1. The number of benzene rings is 1. The van der Waals surface area contributed by atoms with E-state index in [1.54, 1.807) is 12.1 Å². The number of amides is 1. The van der Waals surface area contributed by atoms with Crippen LogP contribution in [0.25, 0.3) is 5.65 Å². The summed E-state index contributed by atoms with van der Waals surface area (Å²) < 4.78 is 53.4. The molecule has 1 amide bonds. The molecular weight excluding hydrogens is 406 g/mol. The Morgan fingerprint density at radius 1 is 1.03 bits per heavy atom. The molecule has 0 aliphatic carbocycles. The number of alkyl halides is 3. The second-order valence-corrected chi connectivity index (χ2v) is 6.77. The molecule has 0 spiro atoms. The Kier molecular flexibility index (Phi) is 5.24. The number of aromatic nitrogens is 4. The minimum Gasteiger partial charge on any atom is -0.353 e. The van der Waals surface area contributed by atoms with Gasteiger partial charge < -0.3 is 10.2 Å². The van der Waals surface area contributed by atoms with Gasteiger partial charge in [-0.2, -0.15) is 17.7 Å². The van der Waals surface area contributed by atoms with Crippen LogP contribution in [0.2, 0.25) is 0 Å². The van der Waals surface area contributed by atoms with E-state index in [1.165, 1.54) is 24.3 Å². The molecule has 158 valence electrons. The number of anilines is 2. The van der Waals surface area contributed by atoms with E-state index in [1.807, 2.05) is 9.80 Å². The lowest BCUT2D eigenvalue weighted by atomic mass is 10.3. The van der Waals surface area contributed by atoms with Gasteiger partial charge in [-0.3, -0.25) is 9.69 Å². The summed E-state index contributed by atoms with van der Waals surface area (Å²) in [5.41, 5.74) is 0.127. The lowest BCUT2D eigenvalue weighted by molar-refractivity contribution is -0.146. The molecule has 2 aromatic heterocycles. The number of nitrogens with one attached hydrogen (secondary N) is 1. The Morgan fingerprint density at radius 3 is 2.47 bits per heavy atom. The van der Waals surface area contributed by atoms with Gasteiger partial charge >= 0.3 is 6.18 Å². The molecule has 8 nitrogen and oxygen atoms in total. The van der Waals surface area contributed by atoms with Gasteiger partial charge in [0.2, 0.25) is 5.91 Å². The minimum absolute atomic E-state index is 0.00882. The maximum absolute atomic E-state index is 13.6. The van der Waals surface area contributed by atoms with Gasteiger partial charge in [-0.05, 0) is 24.3 Å². The topological polar surface area (TPSA) is 78.7 Å². The lowest BCUT2D eigenvalue weighted by Crippen LogP contribution is -2.49. The van der Waals surface area contributed by atoms with E-state index in [2.05, 4.69) is 20.6 Å². The molecule has 0 saturated carbocycles. The third-order valence-electron chi connectivity index (χ3n) is 4.71. The summed E-state index contributed by atoms with van der Waals surface area (Å²) in [6, 6.07) is 8.92. The molecule has 1 aliphatic rings. The van der Waals surface area contributed by atoms with Crippen molar-refractivity contribution in [1.29, 1.82) is 0 Å². The zero-order chi connectivity index (χ0) is 21.3. The van der Waals surface area contributed by atoms with Gasteiger partial charge in [0.1, 0.15) is 11.6 Å². The maximum Gasteiger partial charge on any atom is 0.453 e. The molecule has 3 heterocycles. The summed E-state index contributed by atoms with van der Waals surface area (Å²) in [7, 11) is 0. The maximum atomic E-state index is 13.6. The molecule has 4 rings (SSSR count). The molecule has 30 heavy (non-hydrogen) atoms. The van der Waals surface area contributed by atoms with Crippen LogP contribution in [0.4, 0.5) is 29.1 Å². The largest absolute Gasteiger partial charge is 0.453 e. The zero-order valence-electron chi connectivity index (χ0n) is 15.6. The summed E-state index contributed by atoms with van der Waals surface area (Å²) >= 11 is 0. The van der Waals surface area contributed by atoms with Gasteiger partial charge in [0.15, 0.2) is 5.65 Å². The standard InChI is InChI=1S/C18H17F4N7O/c19-12-3-1-2-4-13(12)23-16(30)11-27-7-9-28(10-8-27)15-6-5-14-24-25-17(18(20,21)22)29(14)26-15/h1-6H,7-11H2,(H,23,30). The summed E-state index contributed by atoms with van der Waals surface area (Å²) in [6.07, 6.45) is -4.66. The second kappa shape index (κ2) is 7.86. The van der Waals surface area contributed by atoms with Crippen LogP contribution in [0.1, 0.15) is 5.82 Å². The number of carbonyl (C=O) groups is 1. The smallest absolute Gasteiger partial charge is 0.353 e. The van der Waals surface area contributed by atoms with Crippen molar-refractivity contribution in [3.63, 3.8) is 0 Å². The number of fused-ring (bicyclic) bond motifs is 1. The average Bonchev–Trinajstić information content (AvgIpc) is 3.14. The summed E-state index contributed by atoms with van der Waals surface area (Å²) in [5.74, 6) is -1.66. The SMILES string of the molecule is O=C(CN1CCN(c2ccc3nnc(C(F)(F)F)n3n2)CC1)Nc1ccccc1F. The van der Waals surface area contributed by atoms with Gasteiger partial charge in [0.05, 0.1) is 12.2 Å². The highest BCUT2D eigenvalue weighted by Gasteiger charge is 2.37. The summed E-state index contributed by atoms with van der Waals surface area (Å²) in [5, 5.41) is 13.2. The fourth-order valence-electron chi connectivity index (χ4n) is 3.22. The van der Waals surface area contributed by atoms with Crippen molar-refractivity contribution < 1.29 is 22.4 Å². The fraction of sp³-hybridized carbons (Fsp3) is 0.333. The molecular formula is C18H17F4N7O. The van der Waals surface area contributed by atoms with E-state index in [9.17, 15) is 22.4 Å². The van der Waals surface area contributed by atoms with Crippen molar-refractivity contribution in [2.24, 2.45) is 0 Å². The van der Waals surface area contributed by atoms with E-state index >= 15 is 0 Å². The van der Waals surface area contributed by atoms with Crippen LogP contribution < -0.4 is 10.2 Å². The Morgan fingerprint density at radius 2 is 1.77 bits per heavy atom. The van der Waals surface area contributed by atoms with Gasteiger partial charge in [-0.15, -0.1) is 15.3 Å². The Balaban J connectivity index is 1.37. The third-order valence-corrected chi connectivity index (χ3v) is 4.71. The zero-order valence-corrected chi connectivity index (χ0v) is 15.6. The number of halogens is 4. The van der Waals surface area contributed by atoms with Crippen molar-refractivity contribution in [2.45, 2.75) is 6.18 Å². The molecule has 0 radical (unpaired) electrons. The van der Waals surface area contributed by atoms with Crippen molar-refractivity contribution in [1.82, 2.24) is 24.7 Å². The third kappa shape index (κ3) is 4.17. The molecule has 12 heteroatoms. The van der Waals surface area contributed by atoms with Crippen molar-refractivity contribution in [3.8, 4) is 0 Å². The molecule has 1 aliphatic heterocycles. The van der Waals surface area contributed by atoms with Gasteiger partial charge in [-0.25, -0.2) is 4.39 Å². The van der Waals surface area contributed by atoms with E-state index in [-0.39, 0.29) is 23.8 Å². The van der Waals surface area contributed by atoms with Crippen LogP contribution >= 0.6 is 0 Å². The number of piperazine rings is 1. The molecule has 0 unspecified atom stereocenters. The first-order valence-electron chi connectivity index (χ1n) is 9.12. The van der Waals surface area contributed by atoms with Crippen LogP contribution in [-0.4, -0.2) is 63.3 Å². The highest BCUT2D eigenvalue weighted by molar-refractivity contribution is 5.92. The number of rotatable bonds is 4. The van der Waals surface area contributed by atoms with E-state index in [0.717, 1.165) is 0 Å². The molecule has 1 N–H and O–H groups in total. The number of carbonyl (C=O) groups excluding carboxylic acids is 1. The quantitative estimate of drug-likeness (QED) is 0.648. The molecule has 0 bridgehead atoms. The van der Waals surface area contributed by atoms with Gasteiger partial charge in [0.25, 0.3) is 5.82 Å². The van der Waals surface area contributed by atoms with Gasteiger partial charge in [-0.1, -0.05) is 12.1 Å². The van der Waals surface area contributed by atoms with Crippen LogP contribution in [0, 0.1) is 5.82 Å². The van der Waals surface area contributed by atoms with Crippen molar-refractivity contribution >= 4 is 23.1 Å². The van der Waals surface area contributed by atoms with E-state index < -0.39 is 17.8 Å². The predicted octanol–water partition coefficient (Wildman–Crippen LogP) is 2.04. The van der Waals surface area contributed by atoms with Gasteiger partial charge in [0, 0.05) is 26.2 Å². The van der Waals surface area contributed by atoms with Crippen LogP contribution in [0.15, 0.2) is 36.4 Å². The fourth-order valence-corrected chi connectivity index (χ4v) is 3.22. The summed E-state index contributed by atoms with van der Waals surface area (Å²) in [6.45, 7) is 2.01. The normalized spacial score (nSPS) is 15.5. The Hall–Kier alpha value is -3.28. The molecule has 0 atom stereocenters. The predicted molar refractivity (Wildman–Crippen MR) is 99.5 cm³/mol. The van der Waals surface area contributed by atoms with Crippen molar-refractivity contribution in [2.75, 3.05) is 42.9 Å². The van der Waals surface area contributed by atoms with Crippen molar-refractivity contribution in [3.05, 3.63) is 48.0 Å². The molecule has 1 fully saturated rings. The number of hydrogen-bond acceptors (Lipinski definition) is 6. The van der Waals surface area contributed by atoms with Crippen LogP contribution in [0.5, 0.6) is 0 Å². The van der Waals surface area contributed by atoms with E-state index in [0.29, 0.717) is 36.5 Å². The lowest BCUT2D eigenvalue weighted by Gasteiger charge is -2.34. The average molecular weight is 423 g/mol. The van der Waals surface area contributed by atoms with E-state index in [4.69, 9.17) is 0 Å². The highest BCUT2D eigenvalue weighted by atomic mass is 19.4. The number of hydrogen-bond donors (Lipinski definition) is 1. The molecule has 3 aromatic rings. The first-order chi connectivity index (χ1) is 14.3. The first-order valence-corrected chi connectivity index (χ1v) is 9.12. The second-order valence-electron chi connectivity index (χ2n) is 6.77. The Labute approximate surface area is 168 Å². The monoisotopic (exact) mass is 423 g/mol. The first kappa shape index (κ1) is 20.0. The van der Waals surface area contributed by atoms with Crippen LogP contribution in [0.3, 0.4) is 0 Å². The number of nitrogens with zero attached hydrogens (tertiary/aromatic N) is 6.